The van der Waals surface area contributed by atoms with Gasteiger partial charge < -0.3 is 19.5 Å². The lowest BCUT2D eigenvalue weighted by atomic mass is 10.1. The van der Waals surface area contributed by atoms with Gasteiger partial charge in [-0.1, -0.05) is 12.2 Å². The highest BCUT2D eigenvalue weighted by Gasteiger charge is 2.22. The maximum atomic E-state index is 12.8. The topological polar surface area (TPSA) is 94.2 Å². The molecule has 9 heteroatoms. The number of nitrogens with one attached hydrogen (secondary N) is 1. The number of carbonyl (C=O) groups is 1. The fourth-order valence-electron chi connectivity index (χ4n) is 2.83. The standard InChI is InChI=1S/C22H26N2O6S/c1-6-12-24(13-7-2)31(26,27)18-10-8-17(9-11-18)23-22(25)16-14-19(28-3)21(30-5)20(15-16)29-4/h6-11,14-15H,1-2,12-13H2,3-5H3,(H,23,25). The average Bonchev–Trinajstić information content (AvgIpc) is 2.78. The van der Waals surface area contributed by atoms with E-state index in [9.17, 15) is 13.2 Å². The SMILES string of the molecule is C=CCN(CC=C)S(=O)(=O)c1ccc(NC(=O)c2cc(OC)c(OC)c(OC)c2)cc1. The first-order valence-corrected chi connectivity index (χ1v) is 10.7. The Bertz CT molecular complexity index is 1010. The maximum absolute atomic E-state index is 12.8. The van der Waals surface area contributed by atoms with E-state index in [2.05, 4.69) is 18.5 Å². The van der Waals surface area contributed by atoms with Gasteiger partial charge >= 0.3 is 0 Å². The summed E-state index contributed by atoms with van der Waals surface area (Å²) in [4.78, 5) is 12.8. The summed E-state index contributed by atoms with van der Waals surface area (Å²) in [6, 6.07) is 8.94. The number of rotatable bonds is 11. The zero-order chi connectivity index (χ0) is 23.0. The van der Waals surface area contributed by atoms with Crippen molar-refractivity contribution in [3.63, 3.8) is 0 Å². The monoisotopic (exact) mass is 446 g/mol. The molecule has 1 amide bonds. The van der Waals surface area contributed by atoms with Gasteiger partial charge in [0.2, 0.25) is 15.8 Å². The van der Waals surface area contributed by atoms with Gasteiger partial charge in [0.05, 0.1) is 26.2 Å². The first-order valence-electron chi connectivity index (χ1n) is 9.25. The summed E-state index contributed by atoms with van der Waals surface area (Å²) in [6.45, 7) is 7.50. The Morgan fingerprint density at radius 2 is 1.48 bits per heavy atom. The largest absolute Gasteiger partial charge is 0.493 e. The lowest BCUT2D eigenvalue weighted by Crippen LogP contribution is -2.31. The van der Waals surface area contributed by atoms with Crippen LogP contribution >= 0.6 is 0 Å². The second-order valence-electron chi connectivity index (χ2n) is 6.29. The number of hydrogen-bond acceptors (Lipinski definition) is 6. The van der Waals surface area contributed by atoms with Gasteiger partial charge in [0.25, 0.3) is 5.91 Å². The van der Waals surface area contributed by atoms with Gasteiger partial charge in [0.1, 0.15) is 0 Å². The molecule has 0 aromatic heterocycles. The molecule has 2 rings (SSSR count). The van der Waals surface area contributed by atoms with Crippen LogP contribution in [0, 0.1) is 0 Å². The minimum atomic E-state index is -3.72. The van der Waals surface area contributed by atoms with E-state index >= 15 is 0 Å². The molecule has 1 N–H and O–H groups in total. The number of hydrogen-bond donors (Lipinski definition) is 1. The third-order valence-electron chi connectivity index (χ3n) is 4.34. The number of amides is 1. The van der Waals surface area contributed by atoms with Crippen LogP contribution in [0.5, 0.6) is 17.2 Å². The van der Waals surface area contributed by atoms with Crippen molar-refractivity contribution in [1.29, 1.82) is 0 Å². The molecule has 0 radical (unpaired) electrons. The molecular weight excluding hydrogens is 420 g/mol. The van der Waals surface area contributed by atoms with Crippen LogP contribution in [0.15, 0.2) is 66.6 Å². The zero-order valence-electron chi connectivity index (χ0n) is 17.8. The van der Waals surface area contributed by atoms with E-state index in [1.54, 1.807) is 0 Å². The summed E-state index contributed by atoms with van der Waals surface area (Å²) in [5.74, 6) is 0.644. The smallest absolute Gasteiger partial charge is 0.255 e. The summed E-state index contributed by atoms with van der Waals surface area (Å²) >= 11 is 0. The summed E-state index contributed by atoms with van der Waals surface area (Å²) in [5.41, 5.74) is 0.714. The van der Waals surface area contributed by atoms with Crippen molar-refractivity contribution in [3.05, 3.63) is 67.3 Å². The Morgan fingerprint density at radius 3 is 1.90 bits per heavy atom. The fourth-order valence-corrected chi connectivity index (χ4v) is 4.22. The molecule has 0 heterocycles. The zero-order valence-corrected chi connectivity index (χ0v) is 18.6. The summed E-state index contributed by atoms with van der Waals surface area (Å²) in [6.07, 6.45) is 3.01. The second-order valence-corrected chi connectivity index (χ2v) is 8.23. The van der Waals surface area contributed by atoms with Crippen molar-refractivity contribution >= 4 is 21.6 Å². The van der Waals surface area contributed by atoms with Gasteiger partial charge in [-0.3, -0.25) is 4.79 Å². The van der Waals surface area contributed by atoms with Gasteiger partial charge in [-0.25, -0.2) is 8.42 Å². The van der Waals surface area contributed by atoms with Crippen molar-refractivity contribution in [2.24, 2.45) is 0 Å². The lowest BCUT2D eigenvalue weighted by Gasteiger charge is -2.19. The number of benzene rings is 2. The first kappa shape index (κ1) is 24.0. The van der Waals surface area contributed by atoms with Gasteiger partial charge in [-0.2, -0.15) is 4.31 Å². The second kappa shape index (κ2) is 10.6. The van der Waals surface area contributed by atoms with E-state index in [0.29, 0.717) is 22.9 Å². The number of anilines is 1. The molecule has 8 nitrogen and oxygen atoms in total. The Kier molecular flexibility index (Phi) is 8.23. The molecule has 0 fully saturated rings. The highest BCUT2D eigenvalue weighted by molar-refractivity contribution is 7.89. The van der Waals surface area contributed by atoms with Gasteiger partial charge in [-0.05, 0) is 36.4 Å². The number of sulfonamides is 1. The minimum absolute atomic E-state index is 0.0991. The highest BCUT2D eigenvalue weighted by atomic mass is 32.2. The summed E-state index contributed by atoms with van der Waals surface area (Å²) < 4.78 is 42.6. The van der Waals surface area contributed by atoms with E-state index in [1.807, 2.05) is 0 Å². The van der Waals surface area contributed by atoms with Crippen LogP contribution in [0.4, 0.5) is 5.69 Å². The molecule has 2 aromatic rings. The van der Waals surface area contributed by atoms with Gasteiger partial charge in [0.15, 0.2) is 11.5 Å². The van der Waals surface area contributed by atoms with Crippen LogP contribution in [0.2, 0.25) is 0 Å². The number of carbonyl (C=O) groups excluding carboxylic acids is 1. The van der Waals surface area contributed by atoms with Crippen molar-refractivity contribution < 1.29 is 27.4 Å². The molecule has 0 saturated heterocycles. The van der Waals surface area contributed by atoms with E-state index in [-0.39, 0.29) is 23.5 Å². The molecule has 0 aliphatic heterocycles. The molecule has 0 aliphatic rings. The Morgan fingerprint density at radius 1 is 0.968 bits per heavy atom. The van der Waals surface area contributed by atoms with Crippen LogP contribution in [-0.2, 0) is 10.0 Å². The van der Waals surface area contributed by atoms with E-state index in [4.69, 9.17) is 14.2 Å². The Labute approximate surface area is 182 Å². The van der Waals surface area contributed by atoms with Crippen LogP contribution in [0.3, 0.4) is 0 Å². The molecule has 2 aromatic carbocycles. The molecule has 0 atom stereocenters. The Hall–Kier alpha value is -3.30. The first-order chi connectivity index (χ1) is 14.8. The molecule has 0 spiro atoms. The van der Waals surface area contributed by atoms with Crippen LogP contribution in [0.1, 0.15) is 10.4 Å². The third kappa shape index (κ3) is 5.44. The number of ether oxygens (including phenoxy) is 3. The molecule has 0 saturated carbocycles. The predicted molar refractivity (Wildman–Crippen MR) is 120 cm³/mol. The number of nitrogens with zero attached hydrogens (tertiary/aromatic N) is 1. The lowest BCUT2D eigenvalue weighted by molar-refractivity contribution is 0.102. The summed E-state index contributed by atoms with van der Waals surface area (Å²) in [7, 11) is 0.673. The highest BCUT2D eigenvalue weighted by Crippen LogP contribution is 2.38. The molecule has 31 heavy (non-hydrogen) atoms. The average molecular weight is 447 g/mol. The normalized spacial score (nSPS) is 11.0. The summed E-state index contributed by atoms with van der Waals surface area (Å²) in [5, 5.41) is 2.72. The predicted octanol–water partition coefficient (Wildman–Crippen LogP) is 3.33. The quantitative estimate of drug-likeness (QED) is 0.532. The molecule has 166 valence electrons. The van der Waals surface area contributed by atoms with Crippen LogP contribution < -0.4 is 19.5 Å². The van der Waals surface area contributed by atoms with Crippen molar-refractivity contribution in [3.8, 4) is 17.2 Å². The fraction of sp³-hybridized carbons (Fsp3) is 0.227. The van der Waals surface area contributed by atoms with Crippen molar-refractivity contribution in [2.45, 2.75) is 4.90 Å². The maximum Gasteiger partial charge on any atom is 0.255 e. The molecular formula is C22H26N2O6S. The Balaban J connectivity index is 2.26. The van der Waals surface area contributed by atoms with Gasteiger partial charge in [-0.15, -0.1) is 13.2 Å². The van der Waals surface area contributed by atoms with Crippen LogP contribution in [0.25, 0.3) is 0 Å². The molecule has 0 aliphatic carbocycles. The molecule has 0 unspecified atom stereocenters. The van der Waals surface area contributed by atoms with Crippen molar-refractivity contribution in [2.75, 3.05) is 39.7 Å². The van der Waals surface area contributed by atoms with Crippen molar-refractivity contribution in [1.82, 2.24) is 4.31 Å². The number of methoxy groups -OCH3 is 3. The molecule has 0 bridgehead atoms. The van der Waals surface area contributed by atoms with E-state index in [0.717, 1.165) is 0 Å². The van der Waals surface area contributed by atoms with Gasteiger partial charge in [0, 0.05) is 24.3 Å². The third-order valence-corrected chi connectivity index (χ3v) is 6.19. The minimum Gasteiger partial charge on any atom is -0.493 e. The van der Waals surface area contributed by atoms with Crippen LogP contribution in [-0.4, -0.2) is 53.0 Å². The van der Waals surface area contributed by atoms with E-state index < -0.39 is 15.9 Å². The van der Waals surface area contributed by atoms with E-state index in [1.165, 1.54) is 74.2 Å².